The molecule has 0 spiro atoms. The number of aromatic nitrogens is 3. The predicted octanol–water partition coefficient (Wildman–Crippen LogP) is 1.46. The number of rotatable bonds is 12. The Labute approximate surface area is 171 Å². The first kappa shape index (κ1) is 22.8. The van der Waals surface area contributed by atoms with Crippen molar-refractivity contribution in [3.63, 3.8) is 0 Å². The maximum absolute atomic E-state index is 12.2. The third kappa shape index (κ3) is 7.12. The van der Waals surface area contributed by atoms with Crippen LogP contribution in [-0.4, -0.2) is 64.8 Å². The lowest BCUT2D eigenvalue weighted by Crippen LogP contribution is -2.35. The van der Waals surface area contributed by atoms with Crippen molar-refractivity contribution in [3.05, 3.63) is 41.2 Å². The Morgan fingerprint density at radius 1 is 1.21 bits per heavy atom. The van der Waals surface area contributed by atoms with Crippen molar-refractivity contribution >= 4 is 5.91 Å². The van der Waals surface area contributed by atoms with E-state index in [1.807, 2.05) is 45.9 Å². The molecule has 0 aliphatic carbocycles. The van der Waals surface area contributed by atoms with Gasteiger partial charge >= 0.3 is 0 Å². The number of aliphatic hydroxyl groups is 1. The van der Waals surface area contributed by atoms with E-state index in [0.717, 1.165) is 16.9 Å². The van der Waals surface area contributed by atoms with Crippen LogP contribution >= 0.6 is 0 Å². The van der Waals surface area contributed by atoms with Crippen LogP contribution in [0.3, 0.4) is 0 Å². The molecule has 29 heavy (non-hydrogen) atoms. The first-order valence-corrected chi connectivity index (χ1v) is 9.73. The minimum absolute atomic E-state index is 0.0388. The Kier molecular flexibility index (Phi) is 9.04. The number of carbonyl (C=O) groups excluding carboxylic acids is 1. The molecule has 0 radical (unpaired) electrons. The van der Waals surface area contributed by atoms with Gasteiger partial charge in [-0.15, -0.1) is 5.10 Å². The first-order chi connectivity index (χ1) is 13.9. The zero-order chi connectivity index (χ0) is 21.2. The summed E-state index contributed by atoms with van der Waals surface area (Å²) in [4.78, 5) is 12.2. The Balaban J connectivity index is 1.80. The van der Waals surface area contributed by atoms with E-state index in [0.29, 0.717) is 19.8 Å². The molecule has 2 aromatic rings. The summed E-state index contributed by atoms with van der Waals surface area (Å²) in [5, 5.41) is 20.5. The zero-order valence-electron chi connectivity index (χ0n) is 17.4. The fourth-order valence-electron chi connectivity index (χ4n) is 2.74. The Morgan fingerprint density at radius 3 is 2.48 bits per heavy atom. The number of hydrogen-bond donors (Lipinski definition) is 2. The summed E-state index contributed by atoms with van der Waals surface area (Å²) in [5.41, 5.74) is 2.14. The van der Waals surface area contributed by atoms with Gasteiger partial charge in [0.25, 0.3) is 5.91 Å². The van der Waals surface area contributed by atoms with E-state index >= 15 is 0 Å². The standard InChI is InChI=1S/C20H30N4O5/c1-5-27-18(28-6-2)12-24-11-17(22-23-24)20(26)21-10-16(25)13-29-19-14(3)8-7-9-15(19)4/h7-9,11,16,18,25H,5-6,10,12-13H2,1-4H3,(H,21,26). The number of nitrogens with one attached hydrogen (secondary N) is 1. The van der Waals surface area contributed by atoms with E-state index < -0.39 is 18.3 Å². The summed E-state index contributed by atoms with van der Waals surface area (Å²) in [7, 11) is 0. The number of ether oxygens (including phenoxy) is 3. The van der Waals surface area contributed by atoms with Crippen LogP contribution in [0, 0.1) is 13.8 Å². The van der Waals surface area contributed by atoms with Crippen molar-refractivity contribution in [2.75, 3.05) is 26.4 Å². The summed E-state index contributed by atoms with van der Waals surface area (Å²) in [6.45, 7) is 9.10. The van der Waals surface area contributed by atoms with Crippen LogP contribution in [0.2, 0.25) is 0 Å². The first-order valence-electron chi connectivity index (χ1n) is 9.73. The highest BCUT2D eigenvalue weighted by Gasteiger charge is 2.16. The lowest BCUT2D eigenvalue weighted by molar-refractivity contribution is -0.145. The fourth-order valence-corrected chi connectivity index (χ4v) is 2.74. The highest BCUT2D eigenvalue weighted by atomic mass is 16.7. The second-order valence-corrected chi connectivity index (χ2v) is 6.56. The zero-order valence-corrected chi connectivity index (χ0v) is 17.4. The molecule has 9 nitrogen and oxygen atoms in total. The topological polar surface area (TPSA) is 108 Å². The number of nitrogens with zero attached hydrogens (tertiary/aromatic N) is 3. The Morgan fingerprint density at radius 2 is 1.86 bits per heavy atom. The van der Waals surface area contributed by atoms with Crippen LogP contribution in [-0.2, 0) is 16.0 Å². The van der Waals surface area contributed by atoms with Gasteiger partial charge in [-0.05, 0) is 38.8 Å². The molecule has 1 aromatic carbocycles. The number of benzene rings is 1. The van der Waals surface area contributed by atoms with E-state index in [1.165, 1.54) is 10.9 Å². The SMILES string of the molecule is CCOC(Cn1cc(C(=O)NCC(O)COc2c(C)cccc2C)nn1)OCC. The van der Waals surface area contributed by atoms with Gasteiger partial charge in [-0.1, -0.05) is 23.4 Å². The van der Waals surface area contributed by atoms with Crippen molar-refractivity contribution in [2.24, 2.45) is 0 Å². The van der Waals surface area contributed by atoms with Gasteiger partial charge in [0.05, 0.1) is 12.7 Å². The number of para-hydroxylation sites is 1. The second kappa shape index (κ2) is 11.5. The van der Waals surface area contributed by atoms with Crippen LogP contribution in [0.4, 0.5) is 0 Å². The van der Waals surface area contributed by atoms with E-state index in [2.05, 4.69) is 15.6 Å². The van der Waals surface area contributed by atoms with Crippen LogP contribution < -0.4 is 10.1 Å². The summed E-state index contributed by atoms with van der Waals surface area (Å²) in [6, 6.07) is 5.84. The van der Waals surface area contributed by atoms with Gasteiger partial charge in [0, 0.05) is 19.8 Å². The monoisotopic (exact) mass is 406 g/mol. The number of carbonyl (C=O) groups is 1. The molecule has 9 heteroatoms. The maximum Gasteiger partial charge on any atom is 0.273 e. The molecule has 0 saturated carbocycles. The third-order valence-corrected chi connectivity index (χ3v) is 4.14. The quantitative estimate of drug-likeness (QED) is 0.514. The van der Waals surface area contributed by atoms with Crippen molar-refractivity contribution < 1.29 is 24.1 Å². The van der Waals surface area contributed by atoms with E-state index in [-0.39, 0.29) is 18.8 Å². The van der Waals surface area contributed by atoms with Crippen LogP contribution in [0.25, 0.3) is 0 Å². The smallest absolute Gasteiger partial charge is 0.273 e. The molecule has 1 amide bonds. The van der Waals surface area contributed by atoms with Gasteiger partial charge in [0.1, 0.15) is 18.5 Å². The second-order valence-electron chi connectivity index (χ2n) is 6.56. The molecular formula is C20H30N4O5. The largest absolute Gasteiger partial charge is 0.490 e. The van der Waals surface area contributed by atoms with Gasteiger partial charge in [-0.25, -0.2) is 4.68 Å². The molecular weight excluding hydrogens is 376 g/mol. The average Bonchev–Trinajstić information content (AvgIpc) is 3.15. The number of aryl methyl sites for hydroxylation is 2. The molecule has 0 aliphatic heterocycles. The Bertz CT molecular complexity index is 754. The average molecular weight is 406 g/mol. The van der Waals surface area contributed by atoms with E-state index in [4.69, 9.17) is 14.2 Å². The molecule has 0 bridgehead atoms. The van der Waals surface area contributed by atoms with Gasteiger partial charge < -0.3 is 24.6 Å². The molecule has 160 valence electrons. The molecule has 2 rings (SSSR count). The molecule has 0 aliphatic rings. The lowest BCUT2D eigenvalue weighted by atomic mass is 10.1. The van der Waals surface area contributed by atoms with E-state index in [9.17, 15) is 9.90 Å². The van der Waals surface area contributed by atoms with Crippen molar-refractivity contribution in [1.29, 1.82) is 0 Å². The molecule has 2 N–H and O–H groups in total. The Hall–Kier alpha value is -2.49. The summed E-state index contributed by atoms with van der Waals surface area (Å²) >= 11 is 0. The number of hydrogen-bond acceptors (Lipinski definition) is 7. The van der Waals surface area contributed by atoms with Crippen LogP contribution in [0.5, 0.6) is 5.75 Å². The van der Waals surface area contributed by atoms with Crippen molar-refractivity contribution in [2.45, 2.75) is 46.6 Å². The van der Waals surface area contributed by atoms with Crippen molar-refractivity contribution in [1.82, 2.24) is 20.3 Å². The van der Waals surface area contributed by atoms with E-state index in [1.54, 1.807) is 0 Å². The highest BCUT2D eigenvalue weighted by Crippen LogP contribution is 2.22. The summed E-state index contributed by atoms with van der Waals surface area (Å²) in [6.07, 6.45) is 0.208. The molecule has 0 fully saturated rings. The van der Waals surface area contributed by atoms with Crippen molar-refractivity contribution in [3.8, 4) is 5.75 Å². The summed E-state index contributed by atoms with van der Waals surface area (Å²) < 4.78 is 18.1. The van der Waals surface area contributed by atoms with Crippen LogP contribution in [0.15, 0.2) is 24.4 Å². The molecule has 0 saturated heterocycles. The van der Waals surface area contributed by atoms with Gasteiger partial charge in [-0.3, -0.25) is 4.79 Å². The maximum atomic E-state index is 12.2. The highest BCUT2D eigenvalue weighted by molar-refractivity contribution is 5.91. The minimum Gasteiger partial charge on any atom is -0.490 e. The van der Waals surface area contributed by atoms with Crippen LogP contribution in [0.1, 0.15) is 35.5 Å². The minimum atomic E-state index is -0.853. The number of amides is 1. The predicted molar refractivity (Wildman–Crippen MR) is 107 cm³/mol. The third-order valence-electron chi connectivity index (χ3n) is 4.14. The summed E-state index contributed by atoms with van der Waals surface area (Å²) in [5.74, 6) is 0.325. The van der Waals surface area contributed by atoms with Gasteiger partial charge in [0.15, 0.2) is 12.0 Å². The molecule has 1 atom stereocenters. The normalized spacial score (nSPS) is 12.2. The van der Waals surface area contributed by atoms with Gasteiger partial charge in [-0.2, -0.15) is 0 Å². The molecule has 1 unspecified atom stereocenters. The lowest BCUT2D eigenvalue weighted by Gasteiger charge is -2.16. The van der Waals surface area contributed by atoms with Gasteiger partial charge in [0.2, 0.25) is 0 Å². The molecule has 1 heterocycles. The molecule has 1 aromatic heterocycles. The fraction of sp³-hybridized carbons (Fsp3) is 0.550. The number of aliphatic hydroxyl groups excluding tert-OH is 1.